The van der Waals surface area contributed by atoms with Gasteiger partial charge in [-0.2, -0.15) is 4.57 Å². The highest BCUT2D eigenvalue weighted by molar-refractivity contribution is 14.0. The first-order valence-electron chi connectivity index (χ1n) is 5.60. The van der Waals surface area contributed by atoms with Crippen LogP contribution in [0.1, 0.15) is 0 Å². The molecule has 2 aromatic heterocycles. The Kier molecular flexibility index (Phi) is 3.75. The Labute approximate surface area is 126 Å². The molecule has 0 saturated heterocycles. The lowest BCUT2D eigenvalue weighted by atomic mass is 10.2. The van der Waals surface area contributed by atoms with Crippen molar-refractivity contribution in [3.63, 3.8) is 0 Å². The molecule has 5 heteroatoms. The summed E-state index contributed by atoms with van der Waals surface area (Å²) in [5, 5.41) is 1.11. The lowest BCUT2D eigenvalue weighted by molar-refractivity contribution is -0.651. The van der Waals surface area contributed by atoms with E-state index in [1.54, 1.807) is 35.9 Å². The van der Waals surface area contributed by atoms with Gasteiger partial charge in [0.05, 0.1) is 12.5 Å². The minimum Gasteiger partial charge on any atom is -0.497 e. The Hall–Kier alpha value is -1.63. The molecular weight excluding hydrogens is 357 g/mol. The minimum atomic E-state index is -0.0404. The van der Waals surface area contributed by atoms with E-state index in [0.717, 1.165) is 0 Å². The van der Waals surface area contributed by atoms with Gasteiger partial charge in [-0.15, -0.1) is 24.0 Å². The van der Waals surface area contributed by atoms with Crippen molar-refractivity contribution in [3.05, 3.63) is 46.8 Å². The summed E-state index contributed by atoms with van der Waals surface area (Å²) < 4.78 is 12.7. The summed E-state index contributed by atoms with van der Waals surface area (Å²) in [7, 11) is 3.42. The molecule has 2 heterocycles. The van der Waals surface area contributed by atoms with E-state index in [-0.39, 0.29) is 29.4 Å². The topological polar surface area (TPSA) is 43.3 Å². The normalized spacial score (nSPS) is 10.4. The van der Waals surface area contributed by atoms with E-state index in [1.807, 2.05) is 19.3 Å². The number of pyridine rings is 1. The van der Waals surface area contributed by atoms with E-state index in [1.165, 1.54) is 0 Å². The van der Waals surface area contributed by atoms with Crippen LogP contribution in [0.4, 0.5) is 0 Å². The van der Waals surface area contributed by atoms with Crippen molar-refractivity contribution in [2.75, 3.05) is 7.11 Å². The Balaban J connectivity index is 0.00000133. The fourth-order valence-corrected chi connectivity index (χ4v) is 2.05. The summed E-state index contributed by atoms with van der Waals surface area (Å²) in [6, 6.07) is 8.82. The maximum Gasteiger partial charge on any atom is 0.384 e. The number of aromatic nitrogens is 1. The molecule has 0 bridgehead atoms. The molecule has 0 aliphatic heterocycles. The molecular formula is C14H13INO3+. The Morgan fingerprint density at radius 3 is 2.74 bits per heavy atom. The van der Waals surface area contributed by atoms with Crippen LogP contribution in [-0.2, 0) is 7.05 Å². The van der Waals surface area contributed by atoms with E-state index in [9.17, 15) is 4.79 Å². The number of rotatable bonds is 1. The van der Waals surface area contributed by atoms with Gasteiger partial charge >= 0.3 is 5.71 Å². The minimum absolute atomic E-state index is 0. The lowest BCUT2D eigenvalue weighted by Crippen LogP contribution is -2.29. The third-order valence-electron chi connectivity index (χ3n) is 3.01. The van der Waals surface area contributed by atoms with Crippen LogP contribution in [0.5, 0.6) is 5.75 Å². The van der Waals surface area contributed by atoms with Crippen molar-refractivity contribution in [2.24, 2.45) is 7.05 Å². The zero-order chi connectivity index (χ0) is 12.7. The van der Waals surface area contributed by atoms with Gasteiger partial charge in [0.15, 0.2) is 6.20 Å². The van der Waals surface area contributed by atoms with Crippen LogP contribution in [0.2, 0.25) is 0 Å². The van der Waals surface area contributed by atoms with Crippen LogP contribution in [0, 0.1) is 0 Å². The fourth-order valence-electron chi connectivity index (χ4n) is 2.05. The predicted octanol–water partition coefficient (Wildman–Crippen LogP) is 2.40. The Bertz CT molecular complexity index is 811. The maximum absolute atomic E-state index is 12.4. The van der Waals surface area contributed by atoms with Crippen molar-refractivity contribution in [3.8, 4) is 5.75 Å². The predicted molar refractivity (Wildman–Crippen MR) is 83.1 cm³/mol. The molecule has 4 nitrogen and oxygen atoms in total. The number of hydrogen-bond donors (Lipinski definition) is 0. The van der Waals surface area contributed by atoms with Gasteiger partial charge in [0.1, 0.15) is 23.8 Å². The number of fused-ring (bicyclic) bond motifs is 2. The molecule has 1 aromatic carbocycles. The summed E-state index contributed by atoms with van der Waals surface area (Å²) in [5.41, 5.74) is 1.09. The number of ether oxygens (including phenoxy) is 1. The molecule has 0 N–H and O–H groups in total. The summed E-state index contributed by atoms with van der Waals surface area (Å²) >= 11 is 0. The molecule has 3 aromatic rings. The van der Waals surface area contributed by atoms with E-state index in [2.05, 4.69) is 0 Å². The summed E-state index contributed by atoms with van der Waals surface area (Å²) in [5.74, 6) is 0.648. The number of aryl methyl sites for hydroxylation is 1. The number of hydrogen-bond acceptors (Lipinski definition) is 3. The van der Waals surface area contributed by atoms with E-state index in [4.69, 9.17) is 9.15 Å². The molecule has 3 rings (SSSR count). The third-order valence-corrected chi connectivity index (χ3v) is 3.01. The van der Waals surface area contributed by atoms with Gasteiger partial charge in [-0.1, -0.05) is 0 Å². The second-order valence-electron chi connectivity index (χ2n) is 4.13. The largest absolute Gasteiger partial charge is 0.497 e. The SMILES string of the molecule is COc1ccc2oc3c(ccc[n+]3C)c(=O)c2c1.I. The molecule has 0 amide bonds. The van der Waals surface area contributed by atoms with Gasteiger partial charge in [0.2, 0.25) is 5.43 Å². The van der Waals surface area contributed by atoms with Crippen LogP contribution in [0.15, 0.2) is 45.7 Å². The molecule has 0 atom stereocenters. The van der Waals surface area contributed by atoms with Gasteiger partial charge in [0, 0.05) is 6.07 Å². The van der Waals surface area contributed by atoms with Crippen LogP contribution in [-0.4, -0.2) is 7.11 Å². The second kappa shape index (κ2) is 5.16. The van der Waals surface area contributed by atoms with Crippen molar-refractivity contribution in [1.29, 1.82) is 0 Å². The highest BCUT2D eigenvalue weighted by Gasteiger charge is 2.14. The first-order valence-corrected chi connectivity index (χ1v) is 5.60. The smallest absolute Gasteiger partial charge is 0.384 e. The zero-order valence-corrected chi connectivity index (χ0v) is 12.9. The van der Waals surface area contributed by atoms with Gasteiger partial charge in [-0.05, 0) is 24.3 Å². The molecule has 0 aliphatic rings. The molecule has 0 aliphatic carbocycles. The Morgan fingerprint density at radius 1 is 1.21 bits per heavy atom. The maximum atomic E-state index is 12.4. The van der Waals surface area contributed by atoms with Gasteiger partial charge in [-0.3, -0.25) is 4.79 Å². The highest BCUT2D eigenvalue weighted by Crippen LogP contribution is 2.20. The zero-order valence-electron chi connectivity index (χ0n) is 10.5. The van der Waals surface area contributed by atoms with Crippen molar-refractivity contribution < 1.29 is 13.7 Å². The van der Waals surface area contributed by atoms with E-state index >= 15 is 0 Å². The van der Waals surface area contributed by atoms with Crippen LogP contribution < -0.4 is 14.7 Å². The number of nitrogens with zero attached hydrogens (tertiary/aromatic N) is 1. The van der Waals surface area contributed by atoms with Gasteiger partial charge in [-0.25, -0.2) is 0 Å². The molecule has 0 spiro atoms. The number of methoxy groups -OCH3 is 1. The van der Waals surface area contributed by atoms with Crippen LogP contribution in [0.3, 0.4) is 0 Å². The first kappa shape index (κ1) is 13.8. The third kappa shape index (κ3) is 2.18. The first-order chi connectivity index (χ1) is 8.70. The van der Waals surface area contributed by atoms with Crippen LogP contribution in [0.25, 0.3) is 22.1 Å². The van der Waals surface area contributed by atoms with Gasteiger partial charge in [0.25, 0.3) is 0 Å². The summed E-state index contributed by atoms with van der Waals surface area (Å²) in [6.07, 6.45) is 1.85. The van der Waals surface area contributed by atoms with Crippen LogP contribution >= 0.6 is 24.0 Å². The Morgan fingerprint density at radius 2 is 2.00 bits per heavy atom. The van der Waals surface area contributed by atoms with Crippen molar-refractivity contribution in [1.82, 2.24) is 0 Å². The average Bonchev–Trinajstić information content (AvgIpc) is 2.40. The lowest BCUT2D eigenvalue weighted by Gasteiger charge is -2.02. The number of benzene rings is 1. The molecule has 0 radical (unpaired) electrons. The quantitative estimate of drug-likeness (QED) is 0.375. The summed E-state index contributed by atoms with van der Waals surface area (Å²) in [6.45, 7) is 0. The standard InChI is InChI=1S/C14H12NO3.HI/c1-15-7-3-4-10-13(16)11-8-9(17-2)5-6-12(11)18-14(10)15;/h3-8H,1-2H3;1H/q+1;. The van der Waals surface area contributed by atoms with Crippen molar-refractivity contribution >= 4 is 46.0 Å². The monoisotopic (exact) mass is 370 g/mol. The molecule has 0 unspecified atom stereocenters. The van der Waals surface area contributed by atoms with Crippen molar-refractivity contribution in [2.45, 2.75) is 0 Å². The highest BCUT2D eigenvalue weighted by atomic mass is 127. The number of halogens is 1. The van der Waals surface area contributed by atoms with Gasteiger partial charge < -0.3 is 9.15 Å². The molecule has 98 valence electrons. The van der Waals surface area contributed by atoms with E-state index < -0.39 is 0 Å². The molecule has 0 saturated carbocycles. The molecule has 0 fully saturated rings. The summed E-state index contributed by atoms with van der Waals surface area (Å²) in [4.78, 5) is 12.4. The average molecular weight is 370 g/mol. The second-order valence-corrected chi connectivity index (χ2v) is 4.13. The fraction of sp³-hybridized carbons (Fsp3) is 0.143. The molecule has 19 heavy (non-hydrogen) atoms. The van der Waals surface area contributed by atoms with E-state index in [0.29, 0.717) is 27.8 Å².